The van der Waals surface area contributed by atoms with Gasteiger partial charge in [-0.25, -0.2) is 0 Å². The van der Waals surface area contributed by atoms with Gasteiger partial charge >= 0.3 is 0 Å². The van der Waals surface area contributed by atoms with E-state index in [-0.39, 0.29) is 5.24 Å². The van der Waals surface area contributed by atoms with E-state index in [9.17, 15) is 4.79 Å². The molecule has 0 fully saturated rings. The predicted octanol–water partition coefficient (Wildman–Crippen LogP) is 1.81. The zero-order valence-electron chi connectivity index (χ0n) is 6.18. The highest BCUT2D eigenvalue weighted by molar-refractivity contribution is 8.12. The number of hydrogen-bond acceptors (Lipinski definition) is 2. The maximum atomic E-state index is 10.8. The van der Waals surface area contributed by atoms with Crippen LogP contribution < -0.4 is 0 Å². The maximum Gasteiger partial charge on any atom is 0.281 e. The Hall–Kier alpha value is -0.180. The largest absolute Gasteiger partial charge is 0.337 e. The van der Waals surface area contributed by atoms with Gasteiger partial charge in [-0.05, 0) is 12.7 Å². The summed E-state index contributed by atoms with van der Waals surface area (Å²) >= 11 is 1.26. The molecule has 9 heavy (non-hydrogen) atoms. The molecule has 0 saturated heterocycles. The topological polar surface area (TPSA) is 20.3 Å². The van der Waals surface area contributed by atoms with Crippen LogP contribution in [0.3, 0.4) is 0 Å². The van der Waals surface area contributed by atoms with Gasteiger partial charge in [-0.2, -0.15) is 0 Å². The molecular weight excluding hydrogens is 134 g/mol. The smallest absolute Gasteiger partial charge is 0.281 e. The Morgan fingerprint density at radius 3 is 2.56 bits per heavy atom. The van der Waals surface area contributed by atoms with Crippen molar-refractivity contribution in [1.82, 2.24) is 4.90 Å². The van der Waals surface area contributed by atoms with Gasteiger partial charge in [0.1, 0.15) is 0 Å². The Labute approximate surface area is 60.6 Å². The lowest BCUT2D eigenvalue weighted by atomic mass is 10.5. The highest BCUT2D eigenvalue weighted by Gasteiger charge is 2.02. The van der Waals surface area contributed by atoms with Gasteiger partial charge in [-0.15, -0.1) is 0 Å². The van der Waals surface area contributed by atoms with Crippen LogP contribution in [-0.4, -0.2) is 30.0 Å². The number of rotatable bonds is 2. The van der Waals surface area contributed by atoms with E-state index in [1.165, 1.54) is 11.8 Å². The van der Waals surface area contributed by atoms with Crippen LogP contribution in [0.25, 0.3) is 0 Å². The minimum absolute atomic E-state index is 0.150. The van der Waals surface area contributed by atoms with Crippen LogP contribution in [0.4, 0.5) is 4.79 Å². The molecule has 1 amide bonds. The van der Waals surface area contributed by atoms with Crippen molar-refractivity contribution in [3.63, 3.8) is 0 Å². The number of hydrogen-bond donors (Lipinski definition) is 0. The summed E-state index contributed by atoms with van der Waals surface area (Å²) in [6.45, 7) is 2.92. The number of nitrogens with zero attached hydrogens (tertiary/aromatic N) is 1. The van der Waals surface area contributed by atoms with Crippen molar-refractivity contribution >= 4 is 17.0 Å². The second-order valence-corrected chi connectivity index (χ2v) is 2.65. The minimum atomic E-state index is 0.150. The highest BCUT2D eigenvalue weighted by atomic mass is 32.2. The number of carbonyl (C=O) groups is 1. The van der Waals surface area contributed by atoms with Crippen molar-refractivity contribution in [2.75, 3.05) is 19.8 Å². The van der Waals surface area contributed by atoms with Crippen molar-refractivity contribution in [3.05, 3.63) is 0 Å². The highest BCUT2D eigenvalue weighted by Crippen LogP contribution is 2.01. The van der Waals surface area contributed by atoms with Crippen LogP contribution in [0.1, 0.15) is 13.3 Å². The fraction of sp³-hybridized carbons (Fsp3) is 0.833. The van der Waals surface area contributed by atoms with E-state index in [0.29, 0.717) is 0 Å². The van der Waals surface area contributed by atoms with Crippen molar-refractivity contribution in [3.8, 4) is 0 Å². The van der Waals surface area contributed by atoms with Gasteiger partial charge in [0.25, 0.3) is 5.24 Å². The third-order valence-electron chi connectivity index (χ3n) is 1.05. The quantitative estimate of drug-likeness (QED) is 0.593. The van der Waals surface area contributed by atoms with E-state index >= 15 is 0 Å². The lowest BCUT2D eigenvalue weighted by molar-refractivity contribution is 0.233. The average molecular weight is 147 g/mol. The van der Waals surface area contributed by atoms with Crippen molar-refractivity contribution in [2.24, 2.45) is 0 Å². The average Bonchev–Trinajstić information content (AvgIpc) is 1.87. The van der Waals surface area contributed by atoms with E-state index in [0.717, 1.165) is 13.0 Å². The van der Waals surface area contributed by atoms with E-state index in [1.54, 1.807) is 11.2 Å². The van der Waals surface area contributed by atoms with Crippen LogP contribution in [-0.2, 0) is 0 Å². The van der Waals surface area contributed by atoms with Crippen LogP contribution in [0.15, 0.2) is 0 Å². The molecule has 2 nitrogen and oxygen atoms in total. The summed E-state index contributed by atoms with van der Waals surface area (Å²) in [6, 6.07) is 0. The van der Waals surface area contributed by atoms with E-state index < -0.39 is 0 Å². The van der Waals surface area contributed by atoms with Gasteiger partial charge in [0.15, 0.2) is 0 Å². The van der Waals surface area contributed by atoms with Gasteiger partial charge < -0.3 is 4.90 Å². The molecule has 0 aromatic carbocycles. The molecule has 0 aromatic rings. The molecule has 0 bridgehead atoms. The molecule has 0 aliphatic rings. The molecule has 0 aliphatic heterocycles. The van der Waals surface area contributed by atoms with Crippen molar-refractivity contribution in [2.45, 2.75) is 13.3 Å². The molecule has 0 aromatic heterocycles. The molecule has 0 aliphatic carbocycles. The standard InChI is InChI=1S/C6H13NOS/c1-4-5-7(2)6(8)9-3/h4-5H2,1-3H3. The molecule has 0 spiro atoms. The molecule has 0 unspecified atom stereocenters. The Bertz CT molecular complexity index is 95.1. The Kier molecular flexibility index (Phi) is 4.58. The first-order valence-electron chi connectivity index (χ1n) is 3.01. The number of carbonyl (C=O) groups excluding carboxylic acids is 1. The minimum Gasteiger partial charge on any atom is -0.337 e. The number of amides is 1. The van der Waals surface area contributed by atoms with Crippen LogP contribution in [0, 0.1) is 0 Å². The molecule has 0 radical (unpaired) electrons. The number of thioether (sulfide) groups is 1. The van der Waals surface area contributed by atoms with Crippen molar-refractivity contribution < 1.29 is 4.79 Å². The molecule has 0 N–H and O–H groups in total. The first-order valence-corrected chi connectivity index (χ1v) is 4.24. The Morgan fingerprint density at radius 1 is 1.67 bits per heavy atom. The SMILES string of the molecule is CCCN(C)C(=O)SC. The Balaban J connectivity index is 3.45. The summed E-state index contributed by atoms with van der Waals surface area (Å²) in [6.07, 6.45) is 2.83. The normalized spacial score (nSPS) is 9.22. The summed E-state index contributed by atoms with van der Waals surface area (Å²) in [4.78, 5) is 12.5. The first-order chi connectivity index (χ1) is 4.22. The summed E-state index contributed by atoms with van der Waals surface area (Å²) in [5.74, 6) is 0. The lowest BCUT2D eigenvalue weighted by Crippen LogP contribution is -2.22. The predicted molar refractivity (Wildman–Crippen MR) is 41.8 cm³/mol. The first kappa shape index (κ1) is 8.82. The van der Waals surface area contributed by atoms with E-state index in [2.05, 4.69) is 6.92 Å². The van der Waals surface area contributed by atoms with Gasteiger partial charge in [0, 0.05) is 13.6 Å². The molecule has 54 valence electrons. The molecule has 0 rings (SSSR count). The van der Waals surface area contributed by atoms with Crippen LogP contribution in [0.5, 0.6) is 0 Å². The molecule has 0 saturated carbocycles. The van der Waals surface area contributed by atoms with E-state index in [1.807, 2.05) is 7.05 Å². The Morgan fingerprint density at radius 2 is 2.22 bits per heavy atom. The second kappa shape index (κ2) is 4.68. The van der Waals surface area contributed by atoms with Gasteiger partial charge in [-0.3, -0.25) is 4.79 Å². The zero-order chi connectivity index (χ0) is 7.28. The molecule has 0 heterocycles. The van der Waals surface area contributed by atoms with Crippen LogP contribution in [0.2, 0.25) is 0 Å². The van der Waals surface area contributed by atoms with E-state index in [4.69, 9.17) is 0 Å². The maximum absolute atomic E-state index is 10.8. The van der Waals surface area contributed by atoms with Gasteiger partial charge in [0.2, 0.25) is 0 Å². The third kappa shape index (κ3) is 3.40. The third-order valence-corrected chi connectivity index (χ3v) is 1.71. The molecule has 0 atom stereocenters. The summed E-state index contributed by atoms with van der Waals surface area (Å²) in [5, 5.41) is 0.150. The lowest BCUT2D eigenvalue weighted by Gasteiger charge is -2.12. The molecule has 3 heteroatoms. The fourth-order valence-corrected chi connectivity index (χ4v) is 0.985. The zero-order valence-corrected chi connectivity index (χ0v) is 6.99. The van der Waals surface area contributed by atoms with Gasteiger partial charge in [0.05, 0.1) is 0 Å². The summed E-state index contributed by atoms with van der Waals surface area (Å²) in [5.41, 5.74) is 0. The van der Waals surface area contributed by atoms with Crippen molar-refractivity contribution in [1.29, 1.82) is 0 Å². The monoisotopic (exact) mass is 147 g/mol. The summed E-state index contributed by atoms with van der Waals surface area (Å²) in [7, 11) is 1.82. The summed E-state index contributed by atoms with van der Waals surface area (Å²) < 4.78 is 0. The van der Waals surface area contributed by atoms with Gasteiger partial charge in [-0.1, -0.05) is 18.7 Å². The fourth-order valence-electron chi connectivity index (χ4n) is 0.583. The second-order valence-electron chi connectivity index (χ2n) is 1.89. The molecular formula is C6H13NOS. The van der Waals surface area contributed by atoms with Crippen LogP contribution >= 0.6 is 11.8 Å².